The number of benzene rings is 2. The first-order valence-electron chi connectivity index (χ1n) is 9.52. The van der Waals surface area contributed by atoms with Gasteiger partial charge >= 0.3 is 11.9 Å². The van der Waals surface area contributed by atoms with E-state index < -0.39 is 5.97 Å². The van der Waals surface area contributed by atoms with Gasteiger partial charge in [0.25, 0.3) is 5.91 Å². The molecule has 3 rings (SSSR count). The molecular formula is C22H24N2O5. The molecule has 0 spiro atoms. The van der Waals surface area contributed by atoms with Gasteiger partial charge in [-0.05, 0) is 37.1 Å². The number of piperidine rings is 1. The Kier molecular flexibility index (Phi) is 6.84. The summed E-state index contributed by atoms with van der Waals surface area (Å²) in [4.78, 5) is 38.1. The van der Waals surface area contributed by atoms with Gasteiger partial charge in [0, 0.05) is 18.8 Å². The molecule has 152 valence electrons. The van der Waals surface area contributed by atoms with E-state index in [0.29, 0.717) is 37.2 Å². The van der Waals surface area contributed by atoms with E-state index in [1.165, 1.54) is 7.11 Å². The van der Waals surface area contributed by atoms with Gasteiger partial charge in [0.05, 0.1) is 24.3 Å². The van der Waals surface area contributed by atoms with Crippen LogP contribution in [-0.2, 0) is 19.1 Å². The number of amides is 1. The van der Waals surface area contributed by atoms with Crippen LogP contribution >= 0.6 is 0 Å². The molecule has 2 aromatic rings. The molecule has 0 saturated carbocycles. The molecule has 29 heavy (non-hydrogen) atoms. The van der Waals surface area contributed by atoms with Crippen LogP contribution in [0.25, 0.3) is 0 Å². The van der Waals surface area contributed by atoms with Crippen molar-refractivity contribution in [2.45, 2.75) is 12.8 Å². The van der Waals surface area contributed by atoms with Crippen LogP contribution in [0.4, 0.5) is 11.4 Å². The molecule has 0 unspecified atom stereocenters. The van der Waals surface area contributed by atoms with Crippen molar-refractivity contribution in [2.75, 3.05) is 32.1 Å². The monoisotopic (exact) mass is 396 g/mol. The lowest BCUT2D eigenvalue weighted by molar-refractivity contribution is -0.149. The van der Waals surface area contributed by atoms with Gasteiger partial charge in [-0.3, -0.25) is 9.59 Å². The highest BCUT2D eigenvalue weighted by atomic mass is 16.5. The van der Waals surface area contributed by atoms with Gasteiger partial charge in [0.1, 0.15) is 0 Å². The van der Waals surface area contributed by atoms with E-state index in [2.05, 4.69) is 5.32 Å². The predicted molar refractivity (Wildman–Crippen MR) is 108 cm³/mol. The fourth-order valence-corrected chi connectivity index (χ4v) is 3.27. The SMILES string of the molecule is COC(=O)C1CCN(C(=O)COC(=O)c2ccccc2Nc2ccccc2)CC1. The van der Waals surface area contributed by atoms with E-state index in [-0.39, 0.29) is 24.4 Å². The number of nitrogens with zero attached hydrogens (tertiary/aromatic N) is 1. The Labute approximate surface area is 169 Å². The highest BCUT2D eigenvalue weighted by Crippen LogP contribution is 2.22. The third kappa shape index (κ3) is 5.34. The normalized spacial score (nSPS) is 14.2. The number of ether oxygens (including phenoxy) is 2. The fourth-order valence-electron chi connectivity index (χ4n) is 3.27. The summed E-state index contributed by atoms with van der Waals surface area (Å²) >= 11 is 0. The standard InChI is InChI=1S/C22H24N2O5/c1-28-21(26)16-11-13-24(14-12-16)20(25)15-29-22(27)18-9-5-6-10-19(18)23-17-7-3-2-4-8-17/h2-10,16,23H,11-15H2,1H3. The number of esters is 2. The summed E-state index contributed by atoms with van der Waals surface area (Å²) in [5.74, 6) is -1.26. The fraction of sp³-hybridized carbons (Fsp3) is 0.318. The number of likely N-dealkylation sites (tertiary alicyclic amines) is 1. The van der Waals surface area contributed by atoms with Crippen molar-refractivity contribution in [1.82, 2.24) is 4.90 Å². The smallest absolute Gasteiger partial charge is 0.340 e. The number of carbonyl (C=O) groups excluding carboxylic acids is 3. The van der Waals surface area contributed by atoms with Crippen LogP contribution in [0, 0.1) is 5.92 Å². The lowest BCUT2D eigenvalue weighted by atomic mass is 9.97. The molecule has 1 amide bonds. The maximum absolute atomic E-state index is 12.5. The van der Waals surface area contributed by atoms with Crippen LogP contribution in [0.15, 0.2) is 54.6 Å². The van der Waals surface area contributed by atoms with E-state index in [1.54, 1.807) is 23.1 Å². The minimum atomic E-state index is -0.568. The first-order chi connectivity index (χ1) is 14.1. The van der Waals surface area contributed by atoms with Gasteiger partial charge in [0.15, 0.2) is 6.61 Å². The molecule has 1 N–H and O–H groups in total. The highest BCUT2D eigenvalue weighted by molar-refractivity contribution is 5.97. The Morgan fingerprint density at radius 3 is 2.34 bits per heavy atom. The summed E-state index contributed by atoms with van der Waals surface area (Å²) in [6.45, 7) is 0.562. The van der Waals surface area contributed by atoms with Crippen LogP contribution in [-0.4, -0.2) is 49.6 Å². The van der Waals surface area contributed by atoms with Crippen LogP contribution < -0.4 is 5.32 Å². The minimum absolute atomic E-state index is 0.178. The van der Waals surface area contributed by atoms with E-state index in [4.69, 9.17) is 9.47 Å². The Morgan fingerprint density at radius 2 is 1.66 bits per heavy atom. The van der Waals surface area contributed by atoms with Crippen LogP contribution in [0.1, 0.15) is 23.2 Å². The van der Waals surface area contributed by atoms with Crippen molar-refractivity contribution in [1.29, 1.82) is 0 Å². The first kappa shape index (κ1) is 20.4. The molecule has 1 fully saturated rings. The highest BCUT2D eigenvalue weighted by Gasteiger charge is 2.28. The third-order valence-electron chi connectivity index (χ3n) is 4.91. The van der Waals surface area contributed by atoms with E-state index in [9.17, 15) is 14.4 Å². The zero-order valence-electron chi connectivity index (χ0n) is 16.3. The van der Waals surface area contributed by atoms with E-state index in [1.807, 2.05) is 36.4 Å². The molecule has 0 bridgehead atoms. The summed E-state index contributed by atoms with van der Waals surface area (Å²) in [7, 11) is 1.36. The van der Waals surface area contributed by atoms with Crippen molar-refractivity contribution in [3.05, 3.63) is 60.2 Å². The number of para-hydroxylation sites is 2. The molecule has 2 aromatic carbocycles. The van der Waals surface area contributed by atoms with Crippen LogP contribution in [0.3, 0.4) is 0 Å². The second-order valence-electron chi connectivity index (χ2n) is 6.79. The second-order valence-corrected chi connectivity index (χ2v) is 6.79. The van der Waals surface area contributed by atoms with Gasteiger partial charge in [0.2, 0.25) is 0 Å². The zero-order valence-corrected chi connectivity index (χ0v) is 16.3. The number of anilines is 2. The summed E-state index contributed by atoms with van der Waals surface area (Å²) in [5, 5.41) is 3.19. The molecular weight excluding hydrogens is 372 g/mol. The number of methoxy groups -OCH3 is 1. The maximum atomic E-state index is 12.5. The van der Waals surface area contributed by atoms with Crippen molar-refractivity contribution < 1.29 is 23.9 Å². The van der Waals surface area contributed by atoms with Crippen molar-refractivity contribution in [2.24, 2.45) is 5.92 Å². The van der Waals surface area contributed by atoms with Crippen molar-refractivity contribution in [3.63, 3.8) is 0 Å². The molecule has 0 aromatic heterocycles. The Balaban J connectivity index is 1.55. The summed E-state index contributed by atoms with van der Waals surface area (Å²) in [6.07, 6.45) is 1.10. The number of nitrogens with one attached hydrogen (secondary N) is 1. The molecule has 1 heterocycles. The van der Waals surface area contributed by atoms with Gasteiger partial charge in [-0.25, -0.2) is 4.79 Å². The molecule has 1 aliphatic heterocycles. The average Bonchev–Trinajstić information content (AvgIpc) is 2.78. The van der Waals surface area contributed by atoms with Crippen molar-refractivity contribution >= 4 is 29.2 Å². The molecule has 1 aliphatic rings. The van der Waals surface area contributed by atoms with Gasteiger partial charge in [-0.15, -0.1) is 0 Å². The topological polar surface area (TPSA) is 84.9 Å². The number of carbonyl (C=O) groups is 3. The van der Waals surface area contributed by atoms with Crippen LogP contribution in [0.5, 0.6) is 0 Å². The third-order valence-corrected chi connectivity index (χ3v) is 4.91. The first-order valence-corrected chi connectivity index (χ1v) is 9.52. The molecule has 0 atom stereocenters. The molecule has 7 heteroatoms. The van der Waals surface area contributed by atoms with E-state index >= 15 is 0 Å². The number of hydrogen-bond donors (Lipinski definition) is 1. The number of hydrogen-bond acceptors (Lipinski definition) is 6. The Bertz CT molecular complexity index is 861. The molecule has 0 radical (unpaired) electrons. The minimum Gasteiger partial charge on any atom is -0.469 e. The lowest BCUT2D eigenvalue weighted by Gasteiger charge is -2.30. The van der Waals surface area contributed by atoms with E-state index in [0.717, 1.165) is 5.69 Å². The largest absolute Gasteiger partial charge is 0.469 e. The maximum Gasteiger partial charge on any atom is 0.340 e. The van der Waals surface area contributed by atoms with Crippen LogP contribution in [0.2, 0.25) is 0 Å². The summed E-state index contributed by atoms with van der Waals surface area (Å²) < 4.78 is 10.0. The van der Waals surface area contributed by atoms with Gasteiger partial charge in [-0.2, -0.15) is 0 Å². The van der Waals surface area contributed by atoms with Crippen molar-refractivity contribution in [3.8, 4) is 0 Å². The summed E-state index contributed by atoms with van der Waals surface area (Å²) in [6, 6.07) is 16.5. The lowest BCUT2D eigenvalue weighted by Crippen LogP contribution is -2.42. The molecule has 1 saturated heterocycles. The quantitative estimate of drug-likeness (QED) is 0.756. The Morgan fingerprint density at radius 1 is 1.00 bits per heavy atom. The van der Waals surface area contributed by atoms with Gasteiger partial charge < -0.3 is 19.7 Å². The zero-order chi connectivity index (χ0) is 20.6. The van der Waals surface area contributed by atoms with Gasteiger partial charge in [-0.1, -0.05) is 30.3 Å². The predicted octanol–water partition coefficient (Wildman–Crippen LogP) is 3.00. The second kappa shape index (κ2) is 9.73. The number of rotatable bonds is 6. The molecule has 7 nitrogen and oxygen atoms in total. The summed E-state index contributed by atoms with van der Waals surface area (Å²) in [5.41, 5.74) is 1.81. The molecule has 0 aliphatic carbocycles. The average molecular weight is 396 g/mol. The Hall–Kier alpha value is -3.35.